The van der Waals surface area contributed by atoms with Gasteiger partial charge in [0.2, 0.25) is 0 Å². The molecule has 6 heteroatoms. The summed E-state index contributed by atoms with van der Waals surface area (Å²) < 4.78 is 11.0. The Balaban J connectivity index is 2.05. The molecule has 0 saturated carbocycles. The van der Waals surface area contributed by atoms with Crippen molar-refractivity contribution in [2.75, 3.05) is 12.5 Å². The van der Waals surface area contributed by atoms with E-state index in [1.54, 1.807) is 19.5 Å². The molecule has 0 atom stereocenters. The Bertz CT molecular complexity index is 558. The van der Waals surface area contributed by atoms with Gasteiger partial charge in [-0.1, -0.05) is 13.0 Å². The van der Waals surface area contributed by atoms with Crippen LogP contribution in [-0.2, 0) is 13.0 Å². The average Bonchev–Trinajstić information content (AvgIpc) is 2.53. The molecule has 3 N–H and O–H groups in total. The minimum atomic E-state index is 0.319. The first kappa shape index (κ1) is 14.1. The second-order valence-electron chi connectivity index (χ2n) is 4.16. The van der Waals surface area contributed by atoms with Gasteiger partial charge in [-0.05, 0) is 24.1 Å². The van der Waals surface area contributed by atoms with E-state index in [1.807, 2.05) is 18.2 Å². The van der Waals surface area contributed by atoms with Crippen LogP contribution in [-0.4, -0.2) is 17.1 Å². The highest BCUT2D eigenvalue weighted by Crippen LogP contribution is 2.28. The van der Waals surface area contributed by atoms with Gasteiger partial charge in [0.25, 0.3) is 0 Å². The van der Waals surface area contributed by atoms with Crippen molar-refractivity contribution >= 4 is 5.82 Å². The van der Waals surface area contributed by atoms with E-state index in [2.05, 4.69) is 22.3 Å². The van der Waals surface area contributed by atoms with E-state index < -0.39 is 0 Å². The highest BCUT2D eigenvalue weighted by Gasteiger charge is 2.06. The number of aryl methyl sites for hydroxylation is 1. The van der Waals surface area contributed by atoms with Crippen molar-refractivity contribution in [3.8, 4) is 11.5 Å². The number of benzene rings is 1. The molecule has 0 spiro atoms. The molecule has 0 fully saturated rings. The van der Waals surface area contributed by atoms with Crippen LogP contribution >= 0.6 is 0 Å². The summed E-state index contributed by atoms with van der Waals surface area (Å²) >= 11 is 0. The molecule has 106 valence electrons. The monoisotopic (exact) mass is 274 g/mol. The normalized spacial score (nSPS) is 10.2. The van der Waals surface area contributed by atoms with Gasteiger partial charge in [-0.2, -0.15) is 0 Å². The van der Waals surface area contributed by atoms with Crippen molar-refractivity contribution in [1.82, 2.24) is 9.97 Å². The van der Waals surface area contributed by atoms with Crippen LogP contribution in [0.2, 0.25) is 0 Å². The van der Waals surface area contributed by atoms with Crippen LogP contribution in [0.5, 0.6) is 11.5 Å². The Morgan fingerprint density at radius 1 is 1.20 bits per heavy atom. The number of ether oxygens (including phenoxy) is 2. The summed E-state index contributed by atoms with van der Waals surface area (Å²) in [5.74, 6) is 7.15. The lowest BCUT2D eigenvalue weighted by atomic mass is 10.1. The van der Waals surface area contributed by atoms with Gasteiger partial charge in [0, 0.05) is 0 Å². The summed E-state index contributed by atoms with van der Waals surface area (Å²) in [6.07, 6.45) is 4.12. The van der Waals surface area contributed by atoms with E-state index in [0.29, 0.717) is 23.9 Å². The largest absolute Gasteiger partial charge is 0.493 e. The smallest absolute Gasteiger partial charge is 0.161 e. The lowest BCUT2D eigenvalue weighted by molar-refractivity contribution is 0.280. The third kappa shape index (κ3) is 3.36. The molecule has 0 unspecified atom stereocenters. The maximum atomic E-state index is 5.71. The number of nitrogens with one attached hydrogen (secondary N) is 1. The molecular formula is C14H18N4O2. The van der Waals surface area contributed by atoms with Crippen molar-refractivity contribution in [3.05, 3.63) is 41.9 Å². The molecule has 2 aromatic rings. The van der Waals surface area contributed by atoms with E-state index in [4.69, 9.17) is 15.3 Å². The number of hydrogen-bond donors (Lipinski definition) is 2. The Hall–Kier alpha value is -2.34. The van der Waals surface area contributed by atoms with Crippen LogP contribution in [0, 0.1) is 0 Å². The van der Waals surface area contributed by atoms with E-state index in [9.17, 15) is 0 Å². The first-order valence-corrected chi connectivity index (χ1v) is 6.34. The van der Waals surface area contributed by atoms with Crippen LogP contribution in [0.1, 0.15) is 18.2 Å². The number of nitrogen functional groups attached to an aromatic ring is 1. The molecule has 0 amide bonds. The van der Waals surface area contributed by atoms with Gasteiger partial charge in [0.15, 0.2) is 17.3 Å². The number of anilines is 1. The number of hydrazine groups is 1. The third-order valence-corrected chi connectivity index (χ3v) is 2.87. The van der Waals surface area contributed by atoms with Crippen molar-refractivity contribution in [3.63, 3.8) is 0 Å². The molecule has 6 nitrogen and oxygen atoms in total. The van der Waals surface area contributed by atoms with Gasteiger partial charge in [-0.25, -0.2) is 10.8 Å². The molecular weight excluding hydrogens is 256 g/mol. The van der Waals surface area contributed by atoms with Crippen LogP contribution in [0.15, 0.2) is 30.6 Å². The summed E-state index contributed by atoms with van der Waals surface area (Å²) in [7, 11) is 1.63. The Morgan fingerprint density at radius 3 is 2.65 bits per heavy atom. The fourth-order valence-electron chi connectivity index (χ4n) is 1.71. The van der Waals surface area contributed by atoms with E-state index in [0.717, 1.165) is 12.2 Å². The molecule has 0 saturated heterocycles. The summed E-state index contributed by atoms with van der Waals surface area (Å²) in [6.45, 7) is 2.41. The van der Waals surface area contributed by atoms with Crippen LogP contribution < -0.4 is 20.7 Å². The maximum Gasteiger partial charge on any atom is 0.161 e. The SMILES string of the molecule is CCc1ccc(OCc2cnc(NN)cn2)c(OC)c1. The average molecular weight is 274 g/mol. The summed E-state index contributed by atoms with van der Waals surface area (Å²) in [5.41, 5.74) is 4.34. The van der Waals surface area contributed by atoms with Crippen molar-refractivity contribution in [2.45, 2.75) is 20.0 Å². The van der Waals surface area contributed by atoms with Gasteiger partial charge in [-0.3, -0.25) is 4.98 Å². The third-order valence-electron chi connectivity index (χ3n) is 2.87. The minimum absolute atomic E-state index is 0.319. The van der Waals surface area contributed by atoms with Gasteiger partial charge < -0.3 is 14.9 Å². The first-order chi connectivity index (χ1) is 9.76. The quantitative estimate of drug-likeness (QED) is 0.618. The number of rotatable bonds is 6. The predicted octanol–water partition coefficient (Wildman–Crippen LogP) is 1.91. The summed E-state index contributed by atoms with van der Waals surface area (Å²) in [5, 5.41) is 0. The van der Waals surface area contributed by atoms with Crippen molar-refractivity contribution < 1.29 is 9.47 Å². The number of aromatic nitrogens is 2. The van der Waals surface area contributed by atoms with Crippen molar-refractivity contribution in [1.29, 1.82) is 0 Å². The lowest BCUT2D eigenvalue weighted by Crippen LogP contribution is -2.09. The molecule has 1 aromatic heterocycles. The second kappa shape index (κ2) is 6.72. The van der Waals surface area contributed by atoms with E-state index in [-0.39, 0.29) is 0 Å². The van der Waals surface area contributed by atoms with E-state index >= 15 is 0 Å². The molecule has 0 radical (unpaired) electrons. The molecule has 0 bridgehead atoms. The Morgan fingerprint density at radius 2 is 2.05 bits per heavy atom. The Kier molecular flexibility index (Phi) is 4.73. The molecule has 2 rings (SSSR count). The lowest BCUT2D eigenvalue weighted by Gasteiger charge is -2.11. The van der Waals surface area contributed by atoms with Gasteiger partial charge in [0.05, 0.1) is 25.2 Å². The zero-order valence-electron chi connectivity index (χ0n) is 11.6. The predicted molar refractivity (Wildman–Crippen MR) is 76.5 cm³/mol. The fraction of sp³-hybridized carbons (Fsp3) is 0.286. The number of methoxy groups -OCH3 is 1. The highest BCUT2D eigenvalue weighted by molar-refractivity contribution is 5.43. The zero-order chi connectivity index (χ0) is 14.4. The number of nitrogens with two attached hydrogens (primary N) is 1. The summed E-state index contributed by atoms with van der Waals surface area (Å²) in [4.78, 5) is 8.25. The van der Waals surface area contributed by atoms with Gasteiger partial charge in [-0.15, -0.1) is 0 Å². The molecule has 1 aromatic carbocycles. The molecule has 0 aliphatic carbocycles. The number of nitrogens with zero attached hydrogens (tertiary/aromatic N) is 2. The fourth-order valence-corrected chi connectivity index (χ4v) is 1.71. The number of hydrogen-bond acceptors (Lipinski definition) is 6. The first-order valence-electron chi connectivity index (χ1n) is 6.34. The Labute approximate surface area is 117 Å². The molecule has 0 aliphatic rings. The molecule has 0 aliphatic heterocycles. The van der Waals surface area contributed by atoms with Crippen LogP contribution in [0.4, 0.5) is 5.82 Å². The van der Waals surface area contributed by atoms with E-state index in [1.165, 1.54) is 5.56 Å². The minimum Gasteiger partial charge on any atom is -0.493 e. The highest BCUT2D eigenvalue weighted by atomic mass is 16.5. The van der Waals surface area contributed by atoms with Crippen molar-refractivity contribution in [2.24, 2.45) is 5.84 Å². The topological polar surface area (TPSA) is 82.3 Å². The summed E-state index contributed by atoms with van der Waals surface area (Å²) in [6, 6.07) is 5.90. The maximum absolute atomic E-state index is 5.71. The zero-order valence-corrected chi connectivity index (χ0v) is 11.6. The molecule has 1 heterocycles. The van der Waals surface area contributed by atoms with Gasteiger partial charge >= 0.3 is 0 Å². The molecule has 20 heavy (non-hydrogen) atoms. The standard InChI is InChI=1S/C14H18N4O2/c1-3-10-4-5-12(13(6-10)19-2)20-9-11-7-17-14(18-15)8-16-11/h4-8H,3,9,15H2,1-2H3,(H,17,18). The van der Waals surface area contributed by atoms with Crippen LogP contribution in [0.25, 0.3) is 0 Å². The van der Waals surface area contributed by atoms with Crippen LogP contribution in [0.3, 0.4) is 0 Å². The van der Waals surface area contributed by atoms with Gasteiger partial charge in [0.1, 0.15) is 6.61 Å². The second-order valence-corrected chi connectivity index (χ2v) is 4.16.